The minimum atomic E-state index is -4.46. The summed E-state index contributed by atoms with van der Waals surface area (Å²) in [6.07, 6.45) is -2.86. The number of benzene rings is 2. The van der Waals surface area contributed by atoms with E-state index in [-0.39, 0.29) is 19.8 Å². The van der Waals surface area contributed by atoms with E-state index in [1.165, 1.54) is 6.07 Å². The molecule has 1 fully saturated rings. The van der Waals surface area contributed by atoms with Gasteiger partial charge in [0, 0.05) is 17.1 Å². The Balaban J connectivity index is 1.61. The molecule has 186 valence electrons. The number of amides is 2. The quantitative estimate of drug-likeness (QED) is 0.293. The molecule has 1 aliphatic heterocycles. The zero-order valence-corrected chi connectivity index (χ0v) is 21.6. The number of alkyl halides is 3. The van der Waals surface area contributed by atoms with Gasteiger partial charge in [0.15, 0.2) is 4.32 Å². The van der Waals surface area contributed by atoms with E-state index in [1.807, 2.05) is 6.92 Å². The van der Waals surface area contributed by atoms with E-state index in [9.17, 15) is 22.8 Å². The van der Waals surface area contributed by atoms with Crippen LogP contribution in [0.3, 0.4) is 0 Å². The maximum Gasteiger partial charge on any atom is 0.416 e. The maximum atomic E-state index is 13.2. The summed E-state index contributed by atoms with van der Waals surface area (Å²) < 4.78 is 41.4. The fourth-order valence-corrected chi connectivity index (χ4v) is 5.32. The predicted molar refractivity (Wildman–Crippen MR) is 139 cm³/mol. The van der Waals surface area contributed by atoms with E-state index >= 15 is 0 Å². The van der Waals surface area contributed by atoms with Crippen molar-refractivity contribution in [3.05, 3.63) is 92.1 Å². The molecule has 1 aliphatic rings. The summed E-state index contributed by atoms with van der Waals surface area (Å²) in [5.74, 6) is -1.11. The number of aromatic nitrogens is 1. The Morgan fingerprint density at radius 1 is 1.11 bits per heavy atom. The number of hydrogen-bond donors (Lipinski definition) is 1. The van der Waals surface area contributed by atoms with Gasteiger partial charge in [-0.25, -0.2) is 0 Å². The van der Waals surface area contributed by atoms with Crippen molar-refractivity contribution in [2.45, 2.75) is 26.9 Å². The first kappa shape index (κ1) is 26.0. The molecule has 1 aromatic heterocycles. The maximum absolute atomic E-state index is 13.2. The first-order chi connectivity index (χ1) is 16.9. The molecule has 0 spiro atoms. The fourth-order valence-electron chi connectivity index (χ4n) is 3.82. The summed E-state index contributed by atoms with van der Waals surface area (Å²) in [5.41, 5.74) is 5.15. The first-order valence-corrected chi connectivity index (χ1v) is 12.2. The minimum Gasteiger partial charge on any atom is -0.318 e. The van der Waals surface area contributed by atoms with Gasteiger partial charge in [-0.1, -0.05) is 35.5 Å². The molecule has 0 saturated carbocycles. The molecule has 2 amide bonds. The summed E-state index contributed by atoms with van der Waals surface area (Å²) in [6, 6.07) is 11.7. The van der Waals surface area contributed by atoms with Crippen LogP contribution in [0, 0.1) is 20.8 Å². The normalized spacial score (nSPS) is 15.2. The monoisotopic (exact) mass is 549 g/mol. The van der Waals surface area contributed by atoms with Crippen LogP contribution < -0.4 is 5.43 Å². The van der Waals surface area contributed by atoms with E-state index in [0.29, 0.717) is 22.6 Å². The molecular formula is C25H19ClF3N3O2S2. The third-order valence-corrected chi connectivity index (χ3v) is 7.18. The van der Waals surface area contributed by atoms with E-state index in [2.05, 4.69) is 5.43 Å². The second-order valence-corrected chi connectivity index (χ2v) is 10.2. The molecule has 0 aliphatic carbocycles. The van der Waals surface area contributed by atoms with Gasteiger partial charge in [-0.3, -0.25) is 15.0 Å². The van der Waals surface area contributed by atoms with Crippen LogP contribution in [-0.2, 0) is 11.0 Å². The summed E-state index contributed by atoms with van der Waals surface area (Å²) in [4.78, 5) is 26.0. The van der Waals surface area contributed by atoms with Crippen molar-refractivity contribution in [3.63, 3.8) is 0 Å². The van der Waals surface area contributed by atoms with Gasteiger partial charge < -0.3 is 4.57 Å². The van der Waals surface area contributed by atoms with Gasteiger partial charge in [0.25, 0.3) is 11.8 Å². The Labute approximate surface area is 219 Å². The molecule has 4 rings (SSSR count). The zero-order valence-electron chi connectivity index (χ0n) is 19.2. The zero-order chi connectivity index (χ0) is 26.4. The minimum absolute atomic E-state index is 0.134. The highest BCUT2D eigenvalue weighted by molar-refractivity contribution is 8.26. The second-order valence-electron chi connectivity index (χ2n) is 8.15. The van der Waals surface area contributed by atoms with Gasteiger partial charge in [0.05, 0.1) is 21.1 Å². The topological polar surface area (TPSA) is 54.3 Å². The molecule has 2 heterocycles. The summed E-state index contributed by atoms with van der Waals surface area (Å²) in [7, 11) is 0. The lowest BCUT2D eigenvalue weighted by molar-refractivity contribution is -0.137. The van der Waals surface area contributed by atoms with Crippen LogP contribution >= 0.6 is 35.6 Å². The van der Waals surface area contributed by atoms with Crippen molar-refractivity contribution < 1.29 is 22.8 Å². The van der Waals surface area contributed by atoms with E-state index in [0.717, 1.165) is 34.5 Å². The number of carbonyl (C=O) groups excluding carboxylic acids is 2. The molecule has 0 unspecified atom stereocenters. The molecule has 5 nitrogen and oxygen atoms in total. The number of hydrazine groups is 1. The van der Waals surface area contributed by atoms with Gasteiger partial charge >= 0.3 is 6.18 Å². The highest BCUT2D eigenvalue weighted by Crippen LogP contribution is 2.35. The number of halogens is 4. The van der Waals surface area contributed by atoms with Crippen LogP contribution in [-0.4, -0.2) is 25.7 Å². The average Bonchev–Trinajstić information content (AvgIpc) is 3.22. The number of carbonyl (C=O) groups is 2. The van der Waals surface area contributed by atoms with Gasteiger partial charge in [0.1, 0.15) is 0 Å². The van der Waals surface area contributed by atoms with Crippen LogP contribution in [0.5, 0.6) is 0 Å². The number of aryl methyl sites for hydroxylation is 2. The van der Waals surface area contributed by atoms with Crippen molar-refractivity contribution in [2.75, 3.05) is 0 Å². The van der Waals surface area contributed by atoms with Crippen molar-refractivity contribution >= 4 is 57.8 Å². The highest BCUT2D eigenvalue weighted by Gasteiger charge is 2.34. The van der Waals surface area contributed by atoms with Crippen LogP contribution in [0.4, 0.5) is 13.2 Å². The molecular weight excluding hydrogens is 531 g/mol. The fraction of sp³-hybridized carbons (Fsp3) is 0.160. The first-order valence-electron chi connectivity index (χ1n) is 10.6. The molecule has 1 saturated heterocycles. The molecule has 2 aromatic carbocycles. The van der Waals surface area contributed by atoms with Crippen LogP contribution in [0.1, 0.15) is 38.4 Å². The Morgan fingerprint density at radius 2 is 1.83 bits per heavy atom. The van der Waals surface area contributed by atoms with E-state index in [1.54, 1.807) is 54.8 Å². The lowest BCUT2D eigenvalue weighted by Gasteiger charge is -2.16. The Hall–Kier alpha value is -3.08. The Bertz CT molecular complexity index is 1450. The van der Waals surface area contributed by atoms with Crippen LogP contribution in [0.2, 0.25) is 5.02 Å². The molecule has 3 aromatic rings. The van der Waals surface area contributed by atoms with E-state index in [4.69, 9.17) is 23.8 Å². The number of thiocarbonyl (C=S) groups is 1. The van der Waals surface area contributed by atoms with Crippen molar-refractivity contribution in [3.8, 4) is 5.69 Å². The van der Waals surface area contributed by atoms with Crippen LogP contribution in [0.15, 0.2) is 53.4 Å². The summed E-state index contributed by atoms with van der Waals surface area (Å²) >= 11 is 12.5. The van der Waals surface area contributed by atoms with Gasteiger partial charge in [-0.05, 0) is 86.6 Å². The van der Waals surface area contributed by atoms with Crippen molar-refractivity contribution in [1.29, 1.82) is 0 Å². The number of rotatable bonds is 4. The van der Waals surface area contributed by atoms with Crippen molar-refractivity contribution in [1.82, 2.24) is 15.0 Å². The SMILES string of the molecule is Cc1ccc(C(=O)NN2C(=O)/C(=C/c3cc(C)n(-c4cccc(C(F)(F)F)c4)c3C)SC2=S)c(Cl)c1. The molecule has 11 heteroatoms. The Kier molecular flexibility index (Phi) is 7.05. The van der Waals surface area contributed by atoms with E-state index < -0.39 is 23.6 Å². The average molecular weight is 550 g/mol. The standard InChI is InChI=1S/C25H19ClF3N3O2S2/c1-13-7-8-19(20(26)9-13)22(33)30-32-23(34)21(36-24(32)35)11-16-10-14(2)31(15(16)3)18-6-4-5-17(12-18)25(27,28)29/h4-12H,1-3H3,(H,30,33)/b21-11-. The molecule has 0 radical (unpaired) electrons. The largest absolute Gasteiger partial charge is 0.416 e. The number of nitrogens with one attached hydrogen (secondary N) is 1. The molecule has 0 atom stereocenters. The van der Waals surface area contributed by atoms with Gasteiger partial charge in [-0.2, -0.15) is 18.2 Å². The van der Waals surface area contributed by atoms with Gasteiger partial charge in [-0.15, -0.1) is 0 Å². The smallest absolute Gasteiger partial charge is 0.318 e. The van der Waals surface area contributed by atoms with Crippen molar-refractivity contribution in [2.24, 2.45) is 0 Å². The highest BCUT2D eigenvalue weighted by atomic mass is 35.5. The lowest BCUT2D eigenvalue weighted by Crippen LogP contribution is -2.44. The molecule has 0 bridgehead atoms. The third-order valence-electron chi connectivity index (χ3n) is 5.56. The number of nitrogens with zero attached hydrogens (tertiary/aromatic N) is 2. The number of thioether (sulfide) groups is 1. The summed E-state index contributed by atoms with van der Waals surface area (Å²) in [5, 5.41) is 1.23. The third kappa shape index (κ3) is 5.07. The Morgan fingerprint density at radius 3 is 2.50 bits per heavy atom. The predicted octanol–water partition coefficient (Wildman–Crippen LogP) is 6.62. The summed E-state index contributed by atoms with van der Waals surface area (Å²) in [6.45, 7) is 5.35. The lowest BCUT2D eigenvalue weighted by atomic mass is 10.1. The van der Waals surface area contributed by atoms with Gasteiger partial charge in [0.2, 0.25) is 0 Å². The van der Waals surface area contributed by atoms with Crippen LogP contribution in [0.25, 0.3) is 11.8 Å². The second kappa shape index (κ2) is 9.76. The number of hydrogen-bond acceptors (Lipinski definition) is 4. The molecule has 1 N–H and O–H groups in total. The molecule has 36 heavy (non-hydrogen) atoms.